The van der Waals surface area contributed by atoms with Gasteiger partial charge in [0.25, 0.3) is 0 Å². The molecule has 1 saturated heterocycles. The molecule has 1 amide bonds. The van der Waals surface area contributed by atoms with Crippen LogP contribution in [0.1, 0.15) is 51.5 Å². The summed E-state index contributed by atoms with van der Waals surface area (Å²) < 4.78 is 0. The van der Waals surface area contributed by atoms with Gasteiger partial charge in [-0.2, -0.15) is 0 Å². The zero-order valence-electron chi connectivity index (χ0n) is 15.5. The van der Waals surface area contributed by atoms with Gasteiger partial charge in [0.05, 0.1) is 0 Å². The maximum absolute atomic E-state index is 12.4. The Morgan fingerprint density at radius 3 is 2.29 bits per heavy atom. The lowest BCUT2D eigenvalue weighted by atomic mass is 9.90. The van der Waals surface area contributed by atoms with E-state index >= 15 is 0 Å². The summed E-state index contributed by atoms with van der Waals surface area (Å²) in [7, 11) is 0. The van der Waals surface area contributed by atoms with Crippen LogP contribution in [0, 0.1) is 5.92 Å². The molecule has 1 aliphatic rings. The third-order valence-electron chi connectivity index (χ3n) is 5.06. The first-order valence-electron chi connectivity index (χ1n) is 9.77. The molecule has 1 heterocycles. The Balaban J connectivity index is 1.68. The molecular formula is C21H34N2O. The van der Waals surface area contributed by atoms with Gasteiger partial charge >= 0.3 is 0 Å². The number of rotatable bonds is 9. The van der Waals surface area contributed by atoms with Crippen LogP contribution in [0.5, 0.6) is 0 Å². The largest absolute Gasteiger partial charge is 0.343 e. The summed E-state index contributed by atoms with van der Waals surface area (Å²) >= 11 is 0. The lowest BCUT2D eigenvalue weighted by molar-refractivity contribution is -0.131. The Labute approximate surface area is 148 Å². The van der Waals surface area contributed by atoms with E-state index in [1.54, 1.807) is 0 Å². The molecule has 0 radical (unpaired) electrons. The highest BCUT2D eigenvalue weighted by atomic mass is 16.2. The lowest BCUT2D eigenvalue weighted by Crippen LogP contribution is -2.39. The van der Waals surface area contributed by atoms with Crippen molar-refractivity contribution in [1.82, 2.24) is 9.80 Å². The van der Waals surface area contributed by atoms with Crippen LogP contribution in [0.15, 0.2) is 30.3 Å². The van der Waals surface area contributed by atoms with Gasteiger partial charge in [-0.1, -0.05) is 44.2 Å². The van der Waals surface area contributed by atoms with E-state index in [0.29, 0.717) is 12.3 Å². The lowest BCUT2D eigenvalue weighted by Gasteiger charge is -2.32. The van der Waals surface area contributed by atoms with Gasteiger partial charge in [-0.25, -0.2) is 0 Å². The molecule has 134 valence electrons. The maximum atomic E-state index is 12.4. The second-order valence-electron chi connectivity index (χ2n) is 7.11. The minimum atomic E-state index is 0.338. The smallest absolute Gasteiger partial charge is 0.223 e. The molecule has 3 nitrogen and oxygen atoms in total. The Morgan fingerprint density at radius 2 is 1.71 bits per heavy atom. The first kappa shape index (κ1) is 19.0. The second kappa shape index (κ2) is 10.5. The normalized spacial score (nSPS) is 16.2. The van der Waals surface area contributed by atoms with Crippen molar-refractivity contribution in [3.8, 4) is 0 Å². The molecule has 0 spiro atoms. The third kappa shape index (κ3) is 6.27. The van der Waals surface area contributed by atoms with Gasteiger partial charge in [0.1, 0.15) is 0 Å². The Bertz CT molecular complexity index is 460. The van der Waals surface area contributed by atoms with E-state index in [9.17, 15) is 4.79 Å². The third-order valence-corrected chi connectivity index (χ3v) is 5.06. The summed E-state index contributed by atoms with van der Waals surface area (Å²) in [4.78, 5) is 16.9. The Kier molecular flexibility index (Phi) is 8.31. The van der Waals surface area contributed by atoms with E-state index in [4.69, 9.17) is 0 Å². The topological polar surface area (TPSA) is 23.6 Å². The van der Waals surface area contributed by atoms with Crippen molar-refractivity contribution in [2.45, 2.75) is 52.4 Å². The molecule has 1 aliphatic heterocycles. The molecule has 1 aromatic carbocycles. The zero-order valence-corrected chi connectivity index (χ0v) is 15.5. The van der Waals surface area contributed by atoms with Crippen LogP contribution in [0.4, 0.5) is 0 Å². The summed E-state index contributed by atoms with van der Waals surface area (Å²) in [6.07, 6.45) is 6.51. The molecule has 1 aromatic rings. The number of hydrogen-bond donors (Lipinski definition) is 0. The van der Waals surface area contributed by atoms with E-state index in [-0.39, 0.29) is 0 Å². The maximum Gasteiger partial charge on any atom is 0.223 e. The molecule has 0 atom stereocenters. The average Bonchev–Trinajstić information content (AvgIpc) is 2.61. The van der Waals surface area contributed by atoms with Gasteiger partial charge in [0.2, 0.25) is 5.91 Å². The molecule has 1 fully saturated rings. The summed E-state index contributed by atoms with van der Waals surface area (Å²) in [6.45, 7) is 9.33. The highest BCUT2D eigenvalue weighted by molar-refractivity contribution is 5.76. The van der Waals surface area contributed by atoms with Gasteiger partial charge in [0.15, 0.2) is 0 Å². The Morgan fingerprint density at radius 1 is 1.08 bits per heavy atom. The van der Waals surface area contributed by atoms with Gasteiger partial charge in [-0.3, -0.25) is 4.79 Å². The summed E-state index contributed by atoms with van der Waals surface area (Å²) in [6, 6.07) is 10.8. The number of carbonyl (C=O) groups excluding carboxylic acids is 1. The van der Waals surface area contributed by atoms with E-state index in [2.05, 4.69) is 49.1 Å². The highest BCUT2D eigenvalue weighted by Gasteiger charge is 2.20. The highest BCUT2D eigenvalue weighted by Crippen LogP contribution is 2.21. The van der Waals surface area contributed by atoms with Crippen molar-refractivity contribution in [2.75, 3.05) is 32.7 Å². The van der Waals surface area contributed by atoms with Gasteiger partial charge < -0.3 is 9.80 Å². The molecule has 0 saturated carbocycles. The Hall–Kier alpha value is -1.35. The first-order chi connectivity index (χ1) is 11.7. The van der Waals surface area contributed by atoms with Crippen LogP contribution in [0.2, 0.25) is 0 Å². The number of carbonyl (C=O) groups is 1. The predicted molar refractivity (Wildman–Crippen MR) is 101 cm³/mol. The number of likely N-dealkylation sites (tertiary alicyclic amines) is 1. The van der Waals surface area contributed by atoms with Crippen molar-refractivity contribution in [1.29, 1.82) is 0 Å². The van der Waals surface area contributed by atoms with Gasteiger partial charge in [0, 0.05) is 26.1 Å². The monoisotopic (exact) mass is 330 g/mol. The summed E-state index contributed by atoms with van der Waals surface area (Å²) in [5.41, 5.74) is 1.46. The van der Waals surface area contributed by atoms with Crippen LogP contribution in [0.25, 0.3) is 0 Å². The van der Waals surface area contributed by atoms with Crippen molar-refractivity contribution < 1.29 is 4.79 Å². The van der Waals surface area contributed by atoms with Crippen LogP contribution in [-0.4, -0.2) is 48.4 Å². The van der Waals surface area contributed by atoms with Gasteiger partial charge in [-0.05, 0) is 56.7 Å². The fourth-order valence-corrected chi connectivity index (χ4v) is 3.67. The first-order valence-corrected chi connectivity index (χ1v) is 9.77. The molecule has 0 bridgehead atoms. The quantitative estimate of drug-likeness (QED) is 0.684. The molecule has 0 N–H and O–H groups in total. The number of amides is 1. The van der Waals surface area contributed by atoms with E-state index in [1.807, 2.05) is 4.90 Å². The van der Waals surface area contributed by atoms with E-state index in [0.717, 1.165) is 51.5 Å². The number of hydrogen-bond acceptors (Lipinski definition) is 2. The SMILES string of the molecule is CCCN(CCC)C(=O)CCN1CCC(Cc2ccccc2)CC1. The van der Waals surface area contributed by atoms with Crippen LogP contribution >= 0.6 is 0 Å². The number of nitrogens with zero attached hydrogens (tertiary/aromatic N) is 2. The number of piperidine rings is 1. The second-order valence-corrected chi connectivity index (χ2v) is 7.11. The minimum absolute atomic E-state index is 0.338. The molecule has 3 heteroatoms. The van der Waals surface area contributed by atoms with Crippen molar-refractivity contribution >= 4 is 5.91 Å². The summed E-state index contributed by atoms with van der Waals surface area (Å²) in [5, 5.41) is 0. The van der Waals surface area contributed by atoms with E-state index in [1.165, 1.54) is 24.8 Å². The standard InChI is InChI=1S/C21H34N2O/c1-3-13-23(14-4-2)21(24)12-17-22-15-10-20(11-16-22)18-19-8-6-5-7-9-19/h5-9,20H,3-4,10-18H2,1-2H3. The molecule has 0 aromatic heterocycles. The van der Waals surface area contributed by atoms with Crippen LogP contribution < -0.4 is 0 Å². The summed E-state index contributed by atoms with van der Waals surface area (Å²) in [5.74, 6) is 1.14. The van der Waals surface area contributed by atoms with Gasteiger partial charge in [-0.15, -0.1) is 0 Å². The van der Waals surface area contributed by atoms with Crippen LogP contribution in [0.3, 0.4) is 0 Å². The molecular weight excluding hydrogens is 296 g/mol. The minimum Gasteiger partial charge on any atom is -0.343 e. The average molecular weight is 331 g/mol. The molecule has 2 rings (SSSR count). The van der Waals surface area contributed by atoms with Crippen molar-refractivity contribution in [3.05, 3.63) is 35.9 Å². The molecule has 0 aliphatic carbocycles. The fourth-order valence-electron chi connectivity index (χ4n) is 3.67. The molecule has 0 unspecified atom stereocenters. The zero-order chi connectivity index (χ0) is 17.2. The fraction of sp³-hybridized carbons (Fsp3) is 0.667. The van der Waals surface area contributed by atoms with Crippen molar-refractivity contribution in [3.63, 3.8) is 0 Å². The number of benzene rings is 1. The van der Waals surface area contributed by atoms with Crippen LogP contribution in [-0.2, 0) is 11.2 Å². The predicted octanol–water partition coefficient (Wildman–Crippen LogP) is 3.98. The molecule has 24 heavy (non-hydrogen) atoms. The van der Waals surface area contributed by atoms with E-state index < -0.39 is 0 Å². The van der Waals surface area contributed by atoms with Crippen molar-refractivity contribution in [2.24, 2.45) is 5.92 Å².